The first-order chi connectivity index (χ1) is 7.40. The fraction of sp³-hybridized carbons (Fsp3) is 0.273. The molecule has 0 aliphatic carbocycles. The number of likely N-dealkylation sites (N-methyl/N-ethyl adjacent to an activating group) is 1. The monoisotopic (exact) mass is 219 g/mol. The molecule has 2 heterocycles. The van der Waals surface area contributed by atoms with Gasteiger partial charge in [0.15, 0.2) is 0 Å². The average Bonchev–Trinajstić information content (AvgIpc) is 2.80. The van der Waals surface area contributed by atoms with Crippen LogP contribution >= 0.6 is 11.3 Å². The number of aromatic nitrogens is 2. The summed E-state index contributed by atoms with van der Waals surface area (Å²) in [5.41, 5.74) is 1.20. The van der Waals surface area contributed by atoms with E-state index in [4.69, 9.17) is 0 Å². The SMILES string of the molecule is CNC(Cc1nccs1)c1cccnc1. The molecule has 0 radical (unpaired) electrons. The summed E-state index contributed by atoms with van der Waals surface area (Å²) in [6, 6.07) is 4.34. The molecular weight excluding hydrogens is 206 g/mol. The molecule has 0 aliphatic rings. The topological polar surface area (TPSA) is 37.8 Å². The highest BCUT2D eigenvalue weighted by atomic mass is 32.1. The Morgan fingerprint density at radius 1 is 1.47 bits per heavy atom. The molecular formula is C11H13N3S. The normalized spacial score (nSPS) is 12.6. The van der Waals surface area contributed by atoms with Gasteiger partial charge in [-0.1, -0.05) is 6.07 Å². The van der Waals surface area contributed by atoms with Gasteiger partial charge in [0.2, 0.25) is 0 Å². The zero-order valence-electron chi connectivity index (χ0n) is 8.55. The predicted octanol–water partition coefficient (Wildman–Crippen LogP) is 2.04. The second-order valence-electron chi connectivity index (χ2n) is 3.26. The minimum Gasteiger partial charge on any atom is -0.313 e. The Hall–Kier alpha value is -1.26. The summed E-state index contributed by atoms with van der Waals surface area (Å²) in [5.74, 6) is 0. The highest BCUT2D eigenvalue weighted by molar-refractivity contribution is 7.09. The van der Waals surface area contributed by atoms with E-state index in [9.17, 15) is 0 Å². The third-order valence-corrected chi connectivity index (χ3v) is 3.10. The number of pyridine rings is 1. The molecule has 0 aromatic carbocycles. The molecule has 2 rings (SSSR count). The lowest BCUT2D eigenvalue weighted by Crippen LogP contribution is -2.18. The first-order valence-corrected chi connectivity index (χ1v) is 5.73. The molecule has 3 nitrogen and oxygen atoms in total. The van der Waals surface area contributed by atoms with Crippen molar-refractivity contribution in [2.45, 2.75) is 12.5 Å². The Bertz CT molecular complexity index is 385. The third kappa shape index (κ3) is 2.61. The van der Waals surface area contributed by atoms with Crippen LogP contribution in [0.25, 0.3) is 0 Å². The minimum atomic E-state index is 0.296. The minimum absolute atomic E-state index is 0.296. The molecule has 0 aliphatic heterocycles. The fourth-order valence-corrected chi connectivity index (χ4v) is 2.16. The van der Waals surface area contributed by atoms with Crippen molar-refractivity contribution in [1.82, 2.24) is 15.3 Å². The van der Waals surface area contributed by atoms with Crippen LogP contribution in [0.15, 0.2) is 36.1 Å². The van der Waals surface area contributed by atoms with E-state index >= 15 is 0 Å². The Morgan fingerprint density at radius 3 is 3.00 bits per heavy atom. The summed E-state index contributed by atoms with van der Waals surface area (Å²) < 4.78 is 0. The van der Waals surface area contributed by atoms with Gasteiger partial charge in [0.05, 0.1) is 5.01 Å². The lowest BCUT2D eigenvalue weighted by Gasteiger charge is -2.14. The van der Waals surface area contributed by atoms with Crippen molar-refractivity contribution < 1.29 is 0 Å². The number of nitrogens with zero attached hydrogens (tertiary/aromatic N) is 2. The zero-order chi connectivity index (χ0) is 10.5. The van der Waals surface area contributed by atoms with Crippen molar-refractivity contribution in [3.8, 4) is 0 Å². The summed E-state index contributed by atoms with van der Waals surface area (Å²) in [7, 11) is 1.96. The molecule has 78 valence electrons. The van der Waals surface area contributed by atoms with Gasteiger partial charge in [-0.25, -0.2) is 4.98 Å². The molecule has 0 saturated heterocycles. The molecule has 0 amide bonds. The summed E-state index contributed by atoms with van der Waals surface area (Å²) in [5, 5.41) is 6.44. The Kier molecular flexibility index (Phi) is 3.42. The van der Waals surface area contributed by atoms with Crippen molar-refractivity contribution >= 4 is 11.3 Å². The Morgan fingerprint density at radius 2 is 2.40 bits per heavy atom. The Balaban J connectivity index is 2.12. The first kappa shape index (κ1) is 10.3. The average molecular weight is 219 g/mol. The van der Waals surface area contributed by atoms with E-state index < -0.39 is 0 Å². The van der Waals surface area contributed by atoms with E-state index in [0.29, 0.717) is 6.04 Å². The van der Waals surface area contributed by atoms with E-state index in [1.165, 1.54) is 5.56 Å². The molecule has 2 aromatic heterocycles. The molecule has 2 aromatic rings. The summed E-state index contributed by atoms with van der Waals surface area (Å²) >= 11 is 1.69. The lowest BCUT2D eigenvalue weighted by atomic mass is 10.1. The maximum atomic E-state index is 4.29. The van der Waals surface area contributed by atoms with Gasteiger partial charge in [0.25, 0.3) is 0 Å². The van der Waals surface area contributed by atoms with E-state index in [2.05, 4.69) is 21.4 Å². The van der Waals surface area contributed by atoms with Gasteiger partial charge >= 0.3 is 0 Å². The fourth-order valence-electron chi connectivity index (χ4n) is 1.50. The predicted molar refractivity (Wildman–Crippen MR) is 61.9 cm³/mol. The molecule has 0 spiro atoms. The van der Waals surface area contributed by atoms with Crippen LogP contribution in [0.3, 0.4) is 0 Å². The number of hydrogen-bond acceptors (Lipinski definition) is 4. The summed E-state index contributed by atoms with van der Waals surface area (Å²) in [6.45, 7) is 0. The number of hydrogen-bond donors (Lipinski definition) is 1. The van der Waals surface area contributed by atoms with Crippen LogP contribution in [0.2, 0.25) is 0 Å². The first-order valence-electron chi connectivity index (χ1n) is 4.85. The lowest BCUT2D eigenvalue weighted by molar-refractivity contribution is 0.588. The van der Waals surface area contributed by atoms with Crippen LogP contribution in [-0.2, 0) is 6.42 Å². The van der Waals surface area contributed by atoms with Gasteiger partial charge < -0.3 is 5.32 Å². The highest BCUT2D eigenvalue weighted by Gasteiger charge is 2.11. The van der Waals surface area contributed by atoms with Crippen LogP contribution < -0.4 is 5.32 Å². The van der Waals surface area contributed by atoms with Gasteiger partial charge in [-0.3, -0.25) is 4.98 Å². The van der Waals surface area contributed by atoms with E-state index in [1.807, 2.05) is 30.9 Å². The largest absolute Gasteiger partial charge is 0.313 e. The van der Waals surface area contributed by atoms with E-state index in [1.54, 1.807) is 17.5 Å². The molecule has 0 fully saturated rings. The van der Waals surface area contributed by atoms with Crippen molar-refractivity contribution in [3.63, 3.8) is 0 Å². The highest BCUT2D eigenvalue weighted by Crippen LogP contribution is 2.18. The van der Waals surface area contributed by atoms with Crippen LogP contribution in [0.4, 0.5) is 0 Å². The van der Waals surface area contributed by atoms with Crippen molar-refractivity contribution in [3.05, 3.63) is 46.7 Å². The van der Waals surface area contributed by atoms with Crippen LogP contribution in [-0.4, -0.2) is 17.0 Å². The van der Waals surface area contributed by atoms with Gasteiger partial charge in [0, 0.05) is 36.4 Å². The van der Waals surface area contributed by atoms with E-state index in [-0.39, 0.29) is 0 Å². The summed E-state index contributed by atoms with van der Waals surface area (Å²) in [6.07, 6.45) is 6.45. The van der Waals surface area contributed by atoms with Gasteiger partial charge in [-0.15, -0.1) is 11.3 Å². The quantitative estimate of drug-likeness (QED) is 0.855. The molecule has 1 unspecified atom stereocenters. The van der Waals surface area contributed by atoms with E-state index in [0.717, 1.165) is 11.4 Å². The molecule has 1 atom stereocenters. The molecule has 4 heteroatoms. The maximum Gasteiger partial charge on any atom is 0.0943 e. The van der Waals surface area contributed by atoms with Crippen molar-refractivity contribution in [2.24, 2.45) is 0 Å². The second-order valence-corrected chi connectivity index (χ2v) is 4.24. The van der Waals surface area contributed by atoms with Crippen LogP contribution in [0, 0.1) is 0 Å². The zero-order valence-corrected chi connectivity index (χ0v) is 9.37. The Labute approximate surface area is 93.2 Å². The smallest absolute Gasteiger partial charge is 0.0943 e. The summed E-state index contributed by atoms with van der Waals surface area (Å²) in [4.78, 5) is 8.41. The van der Waals surface area contributed by atoms with Gasteiger partial charge in [-0.2, -0.15) is 0 Å². The standard InChI is InChI=1S/C11H13N3S/c1-12-10(7-11-14-5-6-15-11)9-3-2-4-13-8-9/h2-6,8,10,12H,7H2,1H3. The van der Waals surface area contributed by atoms with Gasteiger partial charge in [-0.05, 0) is 18.7 Å². The van der Waals surface area contributed by atoms with Crippen molar-refractivity contribution in [2.75, 3.05) is 7.05 Å². The van der Waals surface area contributed by atoms with Crippen LogP contribution in [0.5, 0.6) is 0 Å². The maximum absolute atomic E-state index is 4.29. The second kappa shape index (κ2) is 5.00. The van der Waals surface area contributed by atoms with Crippen molar-refractivity contribution in [1.29, 1.82) is 0 Å². The molecule has 15 heavy (non-hydrogen) atoms. The number of nitrogens with one attached hydrogen (secondary N) is 1. The number of rotatable bonds is 4. The van der Waals surface area contributed by atoms with Crippen LogP contribution in [0.1, 0.15) is 16.6 Å². The molecule has 1 N–H and O–H groups in total. The third-order valence-electron chi connectivity index (χ3n) is 2.30. The number of thiazole rings is 1. The molecule has 0 saturated carbocycles. The molecule has 0 bridgehead atoms. The van der Waals surface area contributed by atoms with Gasteiger partial charge in [0.1, 0.15) is 0 Å².